The molecule has 5 rings (SSSR count). The lowest BCUT2D eigenvalue weighted by atomic mass is 10.1. The second kappa shape index (κ2) is 6.98. The minimum atomic E-state index is -0.244. The van der Waals surface area contributed by atoms with Gasteiger partial charge in [0.2, 0.25) is 0 Å². The molecule has 28 heavy (non-hydrogen) atoms. The van der Waals surface area contributed by atoms with E-state index in [1.165, 1.54) is 17.6 Å². The van der Waals surface area contributed by atoms with E-state index in [1.807, 2.05) is 53.2 Å². The molecule has 0 N–H and O–H groups in total. The summed E-state index contributed by atoms with van der Waals surface area (Å²) in [7, 11) is 0. The van der Waals surface area contributed by atoms with Crippen molar-refractivity contribution in [1.82, 2.24) is 19.1 Å². The summed E-state index contributed by atoms with van der Waals surface area (Å²) in [5.74, 6) is -0.244. The molecule has 0 spiro atoms. The van der Waals surface area contributed by atoms with Crippen molar-refractivity contribution in [1.29, 1.82) is 0 Å². The van der Waals surface area contributed by atoms with E-state index in [2.05, 4.69) is 15.4 Å². The number of benzene rings is 2. The molecule has 0 aliphatic heterocycles. The van der Waals surface area contributed by atoms with E-state index < -0.39 is 0 Å². The van der Waals surface area contributed by atoms with Gasteiger partial charge in [0.1, 0.15) is 17.2 Å². The largest absolute Gasteiger partial charge is 0.258 e. The molecule has 0 saturated carbocycles. The third-order valence-corrected chi connectivity index (χ3v) is 5.43. The average molecular weight is 386 g/mol. The predicted molar refractivity (Wildman–Crippen MR) is 110 cm³/mol. The van der Waals surface area contributed by atoms with Crippen LogP contribution in [0.4, 0.5) is 4.39 Å². The lowest BCUT2D eigenvalue weighted by Crippen LogP contribution is -2.06. The molecular weight excluding hydrogens is 371 g/mol. The topological polar surface area (TPSA) is 43.6 Å². The Balaban J connectivity index is 1.68. The van der Waals surface area contributed by atoms with Gasteiger partial charge in [-0.05, 0) is 41.9 Å². The van der Waals surface area contributed by atoms with Gasteiger partial charge in [-0.2, -0.15) is 9.47 Å². The number of aromatic nitrogens is 4. The zero-order valence-electron chi connectivity index (χ0n) is 14.8. The second-order valence-electron chi connectivity index (χ2n) is 6.41. The number of halogens is 1. The fourth-order valence-electron chi connectivity index (χ4n) is 3.23. The summed E-state index contributed by atoms with van der Waals surface area (Å²) in [6.07, 6.45) is 1.74. The maximum Gasteiger partial charge on any atom is 0.128 e. The van der Waals surface area contributed by atoms with Crippen LogP contribution in [0.3, 0.4) is 0 Å². The van der Waals surface area contributed by atoms with Crippen molar-refractivity contribution >= 4 is 21.6 Å². The summed E-state index contributed by atoms with van der Waals surface area (Å²) in [5, 5.41) is 5.80. The van der Waals surface area contributed by atoms with E-state index in [4.69, 9.17) is 5.10 Å². The molecule has 0 aliphatic rings. The molecule has 3 heterocycles. The molecule has 0 radical (unpaired) electrons. The van der Waals surface area contributed by atoms with Crippen LogP contribution in [0.5, 0.6) is 0 Å². The van der Waals surface area contributed by atoms with Crippen molar-refractivity contribution in [3.63, 3.8) is 0 Å². The van der Waals surface area contributed by atoms with Gasteiger partial charge >= 0.3 is 0 Å². The van der Waals surface area contributed by atoms with Gasteiger partial charge in [0.05, 0.1) is 22.6 Å². The molecule has 0 unspecified atom stereocenters. The molecule has 0 saturated heterocycles. The summed E-state index contributed by atoms with van der Waals surface area (Å²) in [6, 6.07) is 22.6. The minimum Gasteiger partial charge on any atom is -0.258 e. The minimum absolute atomic E-state index is 0.244. The van der Waals surface area contributed by atoms with Gasteiger partial charge in [0.25, 0.3) is 0 Å². The van der Waals surface area contributed by atoms with Gasteiger partial charge in [-0.3, -0.25) is 9.67 Å². The highest BCUT2D eigenvalue weighted by atomic mass is 32.1. The van der Waals surface area contributed by atoms with Crippen LogP contribution >= 0.6 is 11.5 Å². The number of hydrogen-bond donors (Lipinski definition) is 0. The first kappa shape index (κ1) is 16.8. The lowest BCUT2D eigenvalue weighted by Gasteiger charge is -2.07. The Morgan fingerprint density at radius 3 is 2.57 bits per heavy atom. The van der Waals surface area contributed by atoms with Crippen LogP contribution < -0.4 is 0 Å². The van der Waals surface area contributed by atoms with E-state index >= 15 is 0 Å². The molecule has 136 valence electrons. The Labute approximate surface area is 165 Å². The van der Waals surface area contributed by atoms with Crippen molar-refractivity contribution < 1.29 is 4.39 Å². The summed E-state index contributed by atoms with van der Waals surface area (Å²) >= 11 is 1.45. The fourth-order valence-corrected chi connectivity index (χ4v) is 4.01. The van der Waals surface area contributed by atoms with Gasteiger partial charge in [-0.15, -0.1) is 0 Å². The van der Waals surface area contributed by atoms with Crippen molar-refractivity contribution in [2.75, 3.05) is 0 Å². The molecule has 4 nitrogen and oxygen atoms in total. The molecule has 6 heteroatoms. The molecular formula is C22H15FN4S. The van der Waals surface area contributed by atoms with Crippen LogP contribution in [0.15, 0.2) is 79.0 Å². The number of pyridine rings is 1. The molecule has 0 amide bonds. The molecule has 3 aromatic heterocycles. The van der Waals surface area contributed by atoms with Gasteiger partial charge in [0.15, 0.2) is 0 Å². The van der Waals surface area contributed by atoms with E-state index in [0.29, 0.717) is 12.1 Å². The normalized spacial score (nSPS) is 11.2. The number of nitrogens with zero attached hydrogens (tertiary/aromatic N) is 4. The fraction of sp³-hybridized carbons (Fsp3) is 0.0455. The molecule has 5 aromatic rings. The quantitative estimate of drug-likeness (QED) is 0.415. The van der Waals surface area contributed by atoms with Crippen LogP contribution in [0, 0.1) is 5.82 Å². The predicted octanol–water partition coefficient (Wildman–Crippen LogP) is 5.41. The van der Waals surface area contributed by atoms with Crippen molar-refractivity contribution in [2.45, 2.75) is 6.54 Å². The van der Waals surface area contributed by atoms with Gasteiger partial charge in [-0.1, -0.05) is 42.5 Å². The third kappa shape index (κ3) is 2.97. The molecule has 2 aromatic carbocycles. The molecule has 0 aliphatic carbocycles. The Bertz CT molecular complexity index is 1260. The van der Waals surface area contributed by atoms with Crippen LogP contribution in [-0.2, 0) is 6.54 Å². The molecule has 0 atom stereocenters. The number of rotatable bonds is 4. The van der Waals surface area contributed by atoms with Gasteiger partial charge < -0.3 is 0 Å². The van der Waals surface area contributed by atoms with Crippen LogP contribution in [0.1, 0.15) is 5.56 Å². The Morgan fingerprint density at radius 2 is 1.71 bits per heavy atom. The first-order valence-electron chi connectivity index (χ1n) is 8.87. The van der Waals surface area contributed by atoms with Crippen LogP contribution in [-0.4, -0.2) is 19.1 Å². The standard InChI is InChI=1S/C22H15FN4S/c23-17-9-3-1-7-15(17)14-27-20(13-19(25-27)18-10-5-6-12-24-18)22-16-8-2-4-11-21(16)28-26-22/h1-13H,14H2. The average Bonchev–Trinajstić information content (AvgIpc) is 3.34. The smallest absolute Gasteiger partial charge is 0.128 e. The summed E-state index contributed by atoms with van der Waals surface area (Å²) < 4.78 is 21.8. The molecule has 0 fully saturated rings. The van der Waals surface area contributed by atoms with Crippen LogP contribution in [0.25, 0.3) is 32.9 Å². The van der Waals surface area contributed by atoms with E-state index in [-0.39, 0.29) is 5.82 Å². The van der Waals surface area contributed by atoms with Gasteiger partial charge in [0, 0.05) is 17.1 Å². The maximum absolute atomic E-state index is 14.3. The first-order valence-corrected chi connectivity index (χ1v) is 9.64. The Kier molecular flexibility index (Phi) is 4.18. The Hall–Kier alpha value is -3.38. The van der Waals surface area contributed by atoms with Crippen molar-refractivity contribution in [2.24, 2.45) is 0 Å². The second-order valence-corrected chi connectivity index (χ2v) is 7.21. The summed E-state index contributed by atoms with van der Waals surface area (Å²) in [5.41, 5.74) is 3.80. The highest BCUT2D eigenvalue weighted by Gasteiger charge is 2.18. The van der Waals surface area contributed by atoms with E-state index in [9.17, 15) is 4.39 Å². The molecule has 0 bridgehead atoms. The SMILES string of the molecule is Fc1ccccc1Cn1nc(-c2ccccn2)cc1-c1nsc2ccccc12. The number of hydrogen-bond acceptors (Lipinski definition) is 4. The van der Waals surface area contributed by atoms with Crippen LogP contribution in [0.2, 0.25) is 0 Å². The van der Waals surface area contributed by atoms with E-state index in [0.717, 1.165) is 32.9 Å². The van der Waals surface area contributed by atoms with Crippen molar-refractivity contribution in [3.8, 4) is 22.8 Å². The maximum atomic E-state index is 14.3. The highest BCUT2D eigenvalue weighted by Crippen LogP contribution is 2.33. The monoisotopic (exact) mass is 386 g/mol. The lowest BCUT2D eigenvalue weighted by molar-refractivity contribution is 0.587. The number of fused-ring (bicyclic) bond motifs is 1. The third-order valence-electron chi connectivity index (χ3n) is 4.61. The zero-order valence-corrected chi connectivity index (χ0v) is 15.6. The van der Waals surface area contributed by atoms with Crippen molar-refractivity contribution in [3.05, 3.63) is 90.4 Å². The zero-order chi connectivity index (χ0) is 18.9. The highest BCUT2D eigenvalue weighted by molar-refractivity contribution is 7.13. The summed E-state index contributed by atoms with van der Waals surface area (Å²) in [6.45, 7) is 0.320. The first-order chi connectivity index (χ1) is 13.8. The van der Waals surface area contributed by atoms with Gasteiger partial charge in [-0.25, -0.2) is 4.39 Å². The summed E-state index contributed by atoms with van der Waals surface area (Å²) in [4.78, 5) is 4.40. The Morgan fingerprint density at radius 1 is 0.893 bits per heavy atom. The van der Waals surface area contributed by atoms with E-state index in [1.54, 1.807) is 18.3 Å².